The van der Waals surface area contributed by atoms with Crippen LogP contribution in [-0.4, -0.2) is 32.3 Å². The first-order valence-electron chi connectivity index (χ1n) is 6.60. The van der Waals surface area contributed by atoms with Gasteiger partial charge in [-0.15, -0.1) is 0 Å². The van der Waals surface area contributed by atoms with Gasteiger partial charge in [-0.1, -0.05) is 0 Å². The molecule has 21 heavy (non-hydrogen) atoms. The van der Waals surface area contributed by atoms with Gasteiger partial charge in [-0.2, -0.15) is 0 Å². The minimum atomic E-state index is -3.25. The Morgan fingerprint density at radius 1 is 1.33 bits per heavy atom. The molecule has 2 aromatic rings. The predicted octanol–water partition coefficient (Wildman–Crippen LogP) is 2.00. The summed E-state index contributed by atoms with van der Waals surface area (Å²) in [5.74, 6) is -0.273. The molecule has 1 aromatic carbocycles. The second-order valence-electron chi connectivity index (χ2n) is 5.15. The molecule has 0 amide bonds. The highest BCUT2D eigenvalue weighted by molar-refractivity contribution is 7.90. The minimum Gasteiger partial charge on any atom is -0.469 e. The lowest BCUT2D eigenvalue weighted by Gasteiger charge is -2.02. The number of esters is 1. The zero-order chi connectivity index (χ0) is 15.8. The van der Waals surface area contributed by atoms with Crippen LogP contribution in [0.2, 0.25) is 0 Å². The van der Waals surface area contributed by atoms with Crippen molar-refractivity contribution in [2.75, 3.05) is 13.4 Å². The van der Waals surface area contributed by atoms with Crippen molar-refractivity contribution < 1.29 is 17.9 Å². The fraction of sp³-hybridized carbons (Fsp3) is 0.400. The van der Waals surface area contributed by atoms with Crippen molar-refractivity contribution in [3.63, 3.8) is 0 Å². The fourth-order valence-corrected chi connectivity index (χ4v) is 3.15. The topological polar surface area (TPSA) is 65.4 Å². The number of carbonyl (C=O) groups is 1. The van der Waals surface area contributed by atoms with E-state index in [1.165, 1.54) is 13.4 Å². The van der Waals surface area contributed by atoms with Gasteiger partial charge in [0.2, 0.25) is 0 Å². The number of hydrogen-bond donors (Lipinski definition) is 0. The Balaban J connectivity index is 2.57. The first kappa shape index (κ1) is 15.6. The van der Waals surface area contributed by atoms with Crippen LogP contribution in [0.5, 0.6) is 0 Å². The van der Waals surface area contributed by atoms with E-state index in [1.54, 1.807) is 18.2 Å². The predicted molar refractivity (Wildman–Crippen MR) is 81.1 cm³/mol. The maximum Gasteiger partial charge on any atom is 0.305 e. The van der Waals surface area contributed by atoms with Crippen LogP contribution in [0.4, 0.5) is 0 Å². The van der Waals surface area contributed by atoms with Crippen LogP contribution in [-0.2, 0) is 32.8 Å². The summed E-state index contributed by atoms with van der Waals surface area (Å²) in [6.07, 6.45) is 2.00. The van der Waals surface area contributed by atoms with Crippen LogP contribution in [0.1, 0.15) is 17.7 Å². The second kappa shape index (κ2) is 5.52. The number of sulfone groups is 1. The van der Waals surface area contributed by atoms with Gasteiger partial charge in [0, 0.05) is 36.3 Å². The second-order valence-corrected chi connectivity index (χ2v) is 7.17. The average molecular weight is 309 g/mol. The number of nitrogens with zero attached hydrogens (tertiary/aromatic N) is 1. The van der Waals surface area contributed by atoms with Crippen molar-refractivity contribution in [2.24, 2.45) is 7.05 Å². The third kappa shape index (κ3) is 2.95. The Kier molecular flexibility index (Phi) is 4.09. The Hall–Kier alpha value is -1.82. The van der Waals surface area contributed by atoms with Crippen LogP contribution >= 0.6 is 0 Å². The molecule has 5 nitrogen and oxygen atoms in total. The van der Waals surface area contributed by atoms with E-state index in [2.05, 4.69) is 4.74 Å². The van der Waals surface area contributed by atoms with E-state index in [-0.39, 0.29) is 12.4 Å². The number of rotatable bonds is 4. The fourth-order valence-electron chi connectivity index (χ4n) is 2.50. The van der Waals surface area contributed by atoms with Gasteiger partial charge in [0.15, 0.2) is 9.84 Å². The highest BCUT2D eigenvalue weighted by atomic mass is 32.2. The van der Waals surface area contributed by atoms with Gasteiger partial charge in [-0.05, 0) is 37.1 Å². The summed E-state index contributed by atoms with van der Waals surface area (Å²) in [6.45, 7) is 1.97. The van der Waals surface area contributed by atoms with Gasteiger partial charge in [-0.3, -0.25) is 4.79 Å². The number of methoxy groups -OCH3 is 1. The number of ether oxygens (including phenoxy) is 1. The van der Waals surface area contributed by atoms with Gasteiger partial charge >= 0.3 is 5.97 Å². The first-order valence-corrected chi connectivity index (χ1v) is 8.49. The summed E-state index contributed by atoms with van der Waals surface area (Å²) in [7, 11) is 0.0397. The van der Waals surface area contributed by atoms with E-state index in [1.807, 2.05) is 18.5 Å². The summed E-state index contributed by atoms with van der Waals surface area (Å²) in [4.78, 5) is 11.6. The molecule has 6 heteroatoms. The molecule has 0 fully saturated rings. The monoisotopic (exact) mass is 309 g/mol. The molecule has 0 atom stereocenters. The van der Waals surface area contributed by atoms with Crippen molar-refractivity contribution in [1.29, 1.82) is 0 Å². The van der Waals surface area contributed by atoms with Crippen molar-refractivity contribution in [3.05, 3.63) is 29.5 Å². The Morgan fingerprint density at radius 2 is 2.00 bits per heavy atom. The number of fused-ring (bicyclic) bond motifs is 1. The summed E-state index contributed by atoms with van der Waals surface area (Å²) >= 11 is 0. The van der Waals surface area contributed by atoms with E-state index in [4.69, 9.17) is 0 Å². The minimum absolute atomic E-state index is 0.273. The van der Waals surface area contributed by atoms with Crippen LogP contribution in [0.25, 0.3) is 10.9 Å². The van der Waals surface area contributed by atoms with Crippen molar-refractivity contribution in [1.82, 2.24) is 4.57 Å². The molecule has 0 saturated heterocycles. The van der Waals surface area contributed by atoms with Crippen molar-refractivity contribution in [2.45, 2.75) is 24.7 Å². The molecule has 2 rings (SSSR count). The van der Waals surface area contributed by atoms with Gasteiger partial charge in [-0.25, -0.2) is 8.42 Å². The van der Waals surface area contributed by atoms with E-state index in [0.29, 0.717) is 11.3 Å². The van der Waals surface area contributed by atoms with Gasteiger partial charge in [0.05, 0.1) is 12.0 Å². The SMILES string of the molecule is COC(=O)CCc1c(C)n(C)c2ccc(S(C)(=O)=O)cc12. The molecule has 0 aliphatic rings. The number of benzene rings is 1. The van der Waals surface area contributed by atoms with Gasteiger partial charge in [0.1, 0.15) is 0 Å². The molecule has 1 heterocycles. The van der Waals surface area contributed by atoms with Crippen LogP contribution < -0.4 is 0 Å². The molecular formula is C15H19NO4S. The Bertz CT molecular complexity index is 803. The Labute approximate surface area is 124 Å². The third-order valence-electron chi connectivity index (χ3n) is 3.83. The lowest BCUT2D eigenvalue weighted by Crippen LogP contribution is -2.03. The highest BCUT2D eigenvalue weighted by Crippen LogP contribution is 2.28. The number of carbonyl (C=O) groups excluding carboxylic acids is 1. The molecule has 0 bridgehead atoms. The maximum atomic E-state index is 11.7. The summed E-state index contributed by atoms with van der Waals surface area (Å²) in [5.41, 5.74) is 2.97. The van der Waals surface area contributed by atoms with Crippen LogP contribution in [0.3, 0.4) is 0 Å². The molecule has 0 unspecified atom stereocenters. The number of aryl methyl sites for hydroxylation is 2. The van der Waals surface area contributed by atoms with E-state index in [0.717, 1.165) is 22.2 Å². The molecule has 0 spiro atoms. The van der Waals surface area contributed by atoms with Gasteiger partial charge < -0.3 is 9.30 Å². The molecule has 0 aliphatic carbocycles. The van der Waals surface area contributed by atoms with E-state index >= 15 is 0 Å². The third-order valence-corrected chi connectivity index (χ3v) is 4.94. The number of aromatic nitrogens is 1. The zero-order valence-electron chi connectivity index (χ0n) is 12.6. The Morgan fingerprint density at radius 3 is 2.57 bits per heavy atom. The largest absolute Gasteiger partial charge is 0.469 e. The zero-order valence-corrected chi connectivity index (χ0v) is 13.5. The number of hydrogen-bond acceptors (Lipinski definition) is 4. The van der Waals surface area contributed by atoms with E-state index in [9.17, 15) is 13.2 Å². The molecular weight excluding hydrogens is 290 g/mol. The average Bonchev–Trinajstić information content (AvgIpc) is 2.67. The first-order chi connectivity index (χ1) is 9.75. The standard InChI is InChI=1S/C15H19NO4S/c1-10-12(6-8-15(17)20-3)13-9-11(21(4,18)19)5-7-14(13)16(10)2/h5,7,9H,6,8H2,1-4H3. The van der Waals surface area contributed by atoms with E-state index < -0.39 is 9.84 Å². The van der Waals surface area contributed by atoms with Crippen molar-refractivity contribution >= 4 is 26.7 Å². The molecule has 114 valence electrons. The van der Waals surface area contributed by atoms with Crippen LogP contribution in [0.15, 0.2) is 23.1 Å². The molecule has 0 radical (unpaired) electrons. The highest BCUT2D eigenvalue weighted by Gasteiger charge is 2.16. The van der Waals surface area contributed by atoms with Gasteiger partial charge in [0.25, 0.3) is 0 Å². The molecule has 1 aromatic heterocycles. The summed E-state index contributed by atoms with van der Waals surface area (Å²) in [5, 5.41) is 0.877. The lowest BCUT2D eigenvalue weighted by molar-refractivity contribution is -0.140. The van der Waals surface area contributed by atoms with Crippen LogP contribution in [0, 0.1) is 6.92 Å². The quantitative estimate of drug-likeness (QED) is 0.810. The maximum absolute atomic E-state index is 11.7. The summed E-state index contributed by atoms with van der Waals surface area (Å²) in [6, 6.07) is 5.10. The molecule has 0 N–H and O–H groups in total. The lowest BCUT2D eigenvalue weighted by atomic mass is 10.1. The summed E-state index contributed by atoms with van der Waals surface area (Å²) < 4.78 is 30.1. The van der Waals surface area contributed by atoms with Crippen molar-refractivity contribution in [3.8, 4) is 0 Å². The normalized spacial score (nSPS) is 11.8. The smallest absolute Gasteiger partial charge is 0.305 e. The molecule has 0 saturated carbocycles. The molecule has 0 aliphatic heterocycles.